The fraction of sp³-hybridized carbons (Fsp3) is 0.382. The number of ether oxygens (including phenoxy) is 2. The Hall–Kier alpha value is -4.36. The first kappa shape index (κ1) is 34.0. The molecule has 4 aromatic rings. The molecule has 1 aromatic heterocycles. The third kappa shape index (κ3) is 7.46. The van der Waals surface area contributed by atoms with E-state index < -0.39 is 12.1 Å². The molecule has 1 aliphatic heterocycles. The minimum absolute atomic E-state index is 0.0537. The molecule has 0 spiro atoms. The highest BCUT2D eigenvalue weighted by Crippen LogP contribution is 2.50. The average Bonchev–Trinajstić information content (AvgIpc) is 3.62. The number of likely N-dealkylation sites (tertiary alicyclic amines) is 1. The number of nitrogens with one attached hydrogen (secondary N) is 2. The Morgan fingerprint density at radius 1 is 1.02 bits per heavy atom. The highest BCUT2D eigenvalue weighted by Gasteiger charge is 2.50. The maximum absolute atomic E-state index is 13.0. The van der Waals surface area contributed by atoms with Gasteiger partial charge in [0.25, 0.3) is 0 Å². The van der Waals surface area contributed by atoms with Crippen LogP contribution in [0.2, 0.25) is 0 Å². The van der Waals surface area contributed by atoms with Gasteiger partial charge in [-0.15, -0.1) is 11.3 Å². The van der Waals surface area contributed by atoms with Gasteiger partial charge in [-0.2, -0.15) is 13.2 Å². The van der Waals surface area contributed by atoms with Crippen molar-refractivity contribution < 1.29 is 37.3 Å². The zero-order valence-electron chi connectivity index (χ0n) is 26.5. The zero-order valence-corrected chi connectivity index (χ0v) is 27.3. The first-order valence-electron chi connectivity index (χ1n) is 15.1. The topological polar surface area (TPSA) is 113 Å². The van der Waals surface area contributed by atoms with Gasteiger partial charge < -0.3 is 30.1 Å². The minimum atomic E-state index is -5.08. The lowest BCUT2D eigenvalue weighted by Crippen LogP contribution is -2.52. The van der Waals surface area contributed by atoms with Crippen LogP contribution >= 0.6 is 11.3 Å². The van der Waals surface area contributed by atoms with Crippen LogP contribution in [-0.2, 0) is 10.2 Å². The third-order valence-electron chi connectivity index (χ3n) is 9.00. The lowest BCUT2D eigenvalue weighted by molar-refractivity contribution is -0.192. The van der Waals surface area contributed by atoms with Crippen LogP contribution in [0, 0.1) is 6.92 Å². The molecule has 1 aliphatic carbocycles. The number of fused-ring (bicyclic) bond motifs is 2. The Morgan fingerprint density at radius 3 is 2.38 bits per heavy atom. The van der Waals surface area contributed by atoms with Crippen molar-refractivity contribution in [2.75, 3.05) is 33.1 Å². The summed E-state index contributed by atoms with van der Waals surface area (Å²) < 4.78 is 44.0. The van der Waals surface area contributed by atoms with E-state index in [1.54, 1.807) is 25.6 Å². The summed E-state index contributed by atoms with van der Waals surface area (Å²) in [6.07, 6.45) is -1.13. The van der Waals surface area contributed by atoms with Crippen LogP contribution in [0.4, 0.5) is 23.7 Å². The molecule has 3 N–H and O–H groups in total. The predicted octanol–water partition coefficient (Wildman–Crippen LogP) is 7.24. The van der Waals surface area contributed by atoms with Gasteiger partial charge in [-0.05, 0) is 106 Å². The maximum atomic E-state index is 13.0. The van der Waals surface area contributed by atoms with Crippen LogP contribution in [0.3, 0.4) is 0 Å². The van der Waals surface area contributed by atoms with Crippen LogP contribution in [0.15, 0.2) is 60.7 Å². The molecule has 0 bridgehead atoms. The number of thiazole rings is 1. The van der Waals surface area contributed by atoms with Crippen molar-refractivity contribution in [3.05, 3.63) is 71.8 Å². The molecule has 0 unspecified atom stereocenters. The van der Waals surface area contributed by atoms with Crippen molar-refractivity contribution in [2.45, 2.75) is 56.3 Å². The molecule has 2 fully saturated rings. The number of rotatable bonds is 6. The monoisotopic (exact) mass is 670 g/mol. The van der Waals surface area contributed by atoms with Gasteiger partial charge in [0.05, 0.1) is 24.4 Å². The van der Waals surface area contributed by atoms with E-state index in [1.807, 2.05) is 30.3 Å². The number of aliphatic carboxylic acids is 1. The summed E-state index contributed by atoms with van der Waals surface area (Å²) in [5.74, 6) is -1.24. The van der Waals surface area contributed by atoms with Gasteiger partial charge in [0.15, 0.2) is 11.5 Å². The van der Waals surface area contributed by atoms with E-state index in [4.69, 9.17) is 24.4 Å². The largest absolute Gasteiger partial charge is 0.493 e. The number of carboxylic acid groups (broad SMARTS) is 1. The molecule has 1 saturated carbocycles. The molecule has 2 heterocycles. The molecule has 1 saturated heterocycles. The first-order valence-corrected chi connectivity index (χ1v) is 15.9. The third-order valence-corrected chi connectivity index (χ3v) is 10.1. The van der Waals surface area contributed by atoms with Crippen molar-refractivity contribution in [2.24, 2.45) is 0 Å². The fourth-order valence-corrected chi connectivity index (χ4v) is 7.67. The van der Waals surface area contributed by atoms with Gasteiger partial charge in [0.2, 0.25) is 0 Å². The summed E-state index contributed by atoms with van der Waals surface area (Å²) in [5.41, 5.74) is 5.42. The number of benzene rings is 3. The van der Waals surface area contributed by atoms with Crippen LogP contribution in [0.25, 0.3) is 20.8 Å². The van der Waals surface area contributed by atoms with E-state index in [9.17, 15) is 18.0 Å². The highest BCUT2D eigenvalue weighted by atomic mass is 32.1. The molecule has 6 rings (SSSR count). The van der Waals surface area contributed by atoms with Crippen molar-refractivity contribution in [3.63, 3.8) is 0 Å². The number of alkyl halides is 3. The Bertz CT molecular complexity index is 1750. The van der Waals surface area contributed by atoms with Crippen molar-refractivity contribution in [1.29, 1.82) is 0 Å². The summed E-state index contributed by atoms with van der Waals surface area (Å²) in [7, 11) is 5.55. The number of likely N-dealkylation sites (N-methyl/N-ethyl adjacent to an activating group) is 1. The quantitative estimate of drug-likeness (QED) is 0.198. The zero-order chi connectivity index (χ0) is 33.9. The van der Waals surface area contributed by atoms with Gasteiger partial charge in [-0.3, -0.25) is 0 Å². The van der Waals surface area contributed by atoms with Gasteiger partial charge in [0, 0.05) is 28.7 Å². The summed E-state index contributed by atoms with van der Waals surface area (Å²) in [6.45, 7) is 3.14. The maximum Gasteiger partial charge on any atom is 0.490 e. The second-order valence-corrected chi connectivity index (χ2v) is 12.9. The number of aromatic nitrogens is 1. The average molecular weight is 671 g/mol. The van der Waals surface area contributed by atoms with Gasteiger partial charge in [-0.25, -0.2) is 14.6 Å². The molecule has 13 heteroatoms. The molecular weight excluding hydrogens is 633 g/mol. The summed E-state index contributed by atoms with van der Waals surface area (Å²) in [5, 5.41) is 14.4. The summed E-state index contributed by atoms with van der Waals surface area (Å²) in [4.78, 5) is 29.1. The van der Waals surface area contributed by atoms with Crippen molar-refractivity contribution in [1.82, 2.24) is 15.2 Å². The Kier molecular flexibility index (Phi) is 9.97. The number of hydrogen-bond donors (Lipinski definition) is 3. The predicted molar refractivity (Wildman–Crippen MR) is 176 cm³/mol. The van der Waals surface area contributed by atoms with E-state index in [0.29, 0.717) is 6.04 Å². The molecule has 3 aromatic carbocycles. The normalized spacial score (nSPS) is 20.9. The molecule has 0 radical (unpaired) electrons. The first-order chi connectivity index (χ1) is 22.3. The molecule has 2 aliphatic rings. The number of aryl methyl sites for hydroxylation is 1. The number of nitrogens with zero attached hydrogens (tertiary/aromatic N) is 2. The molecule has 2 amide bonds. The number of carbonyl (C=O) groups is 2. The number of methoxy groups -OCH3 is 2. The Morgan fingerprint density at radius 2 is 1.72 bits per heavy atom. The summed E-state index contributed by atoms with van der Waals surface area (Å²) in [6, 6.07) is 20.9. The van der Waals surface area contributed by atoms with E-state index in [1.165, 1.54) is 15.8 Å². The van der Waals surface area contributed by atoms with E-state index in [2.05, 4.69) is 59.8 Å². The number of carboxylic acids is 1. The smallest absolute Gasteiger partial charge is 0.490 e. The highest BCUT2D eigenvalue weighted by molar-refractivity contribution is 7.21. The number of hydrogen-bond acceptors (Lipinski definition) is 7. The molecule has 3 atom stereocenters. The van der Waals surface area contributed by atoms with Crippen LogP contribution in [0.1, 0.15) is 36.8 Å². The number of carbonyl (C=O) groups excluding carboxylic acids is 1. The van der Waals surface area contributed by atoms with E-state index >= 15 is 0 Å². The van der Waals surface area contributed by atoms with Crippen molar-refractivity contribution in [3.8, 4) is 22.1 Å². The van der Waals surface area contributed by atoms with Gasteiger partial charge >= 0.3 is 18.2 Å². The number of amides is 2. The Labute approximate surface area is 274 Å². The fourth-order valence-electron chi connectivity index (χ4n) is 6.60. The molecule has 9 nitrogen and oxygen atoms in total. The van der Waals surface area contributed by atoms with Crippen LogP contribution < -0.4 is 20.1 Å². The standard InChI is InChI=1S/C32H36N4O3S.C2HF3O2/c1-20-5-11-25-28(17-20)40-30(35-25)21-6-9-23(10-7-21)33-31(37)34-24-13-14-32(15-16-36(2)29(32)19-24)22-8-12-26(38-3)27(18-22)39-4;3-2(4,5)1(6)7/h5-12,17-18,24,29H,13-16,19H2,1-4H3,(H2,33,34,37);(H,6,7)/t24-,29+,32+;/m1./s1. The minimum Gasteiger partial charge on any atom is -0.493 e. The lowest BCUT2D eigenvalue weighted by Gasteiger charge is -2.45. The second kappa shape index (κ2) is 13.8. The molecule has 47 heavy (non-hydrogen) atoms. The van der Waals surface area contributed by atoms with Crippen LogP contribution in [0.5, 0.6) is 11.5 Å². The Balaban J connectivity index is 0.000000559. The van der Waals surface area contributed by atoms with E-state index in [0.717, 1.165) is 65.5 Å². The van der Waals surface area contributed by atoms with Gasteiger partial charge in [0.1, 0.15) is 5.01 Å². The summed E-state index contributed by atoms with van der Waals surface area (Å²) >= 11 is 1.69. The lowest BCUT2D eigenvalue weighted by atomic mass is 9.65. The van der Waals surface area contributed by atoms with Gasteiger partial charge in [-0.1, -0.05) is 12.1 Å². The van der Waals surface area contributed by atoms with Crippen LogP contribution in [-0.4, -0.2) is 73.1 Å². The second-order valence-electron chi connectivity index (χ2n) is 11.9. The number of urea groups is 1. The van der Waals surface area contributed by atoms with E-state index in [-0.39, 0.29) is 17.5 Å². The molecule has 250 valence electrons. The number of halogens is 3. The number of anilines is 1. The molecular formula is C34H37F3N4O5S. The van der Waals surface area contributed by atoms with Crippen molar-refractivity contribution >= 4 is 39.2 Å². The SMILES string of the molecule is COc1ccc([C@@]23CC[C@@H](NC(=O)Nc4ccc(-c5nc6ccc(C)cc6s5)cc4)C[C@@H]2N(C)CC3)cc1OC.O=C(O)C(F)(F)F.